The Labute approximate surface area is 273 Å². The molecular weight excluding hydrogens is 613 g/mol. The number of allylic oxidation sites excluding steroid dienone is 2. The van der Waals surface area contributed by atoms with Gasteiger partial charge < -0.3 is 31.1 Å². The number of H-pyrrole nitrogens is 1. The number of nitrogens with one attached hydrogen (secondary N) is 4. The van der Waals surface area contributed by atoms with Crippen molar-refractivity contribution in [2.45, 2.75) is 89.3 Å². The van der Waals surface area contributed by atoms with Gasteiger partial charge in [-0.05, 0) is 80.0 Å². The molecule has 5 heterocycles. The predicted octanol–water partition coefficient (Wildman–Crippen LogP) is 4.20. The Balaban J connectivity index is 1.50. The summed E-state index contributed by atoms with van der Waals surface area (Å²) >= 11 is 6.41. The number of thiol groups is 1. The second kappa shape index (κ2) is 13.2. The first-order valence-electron chi connectivity index (χ1n) is 15.4. The van der Waals surface area contributed by atoms with Gasteiger partial charge in [0, 0.05) is 75.3 Å². The van der Waals surface area contributed by atoms with Crippen molar-refractivity contribution in [3.05, 3.63) is 56.2 Å². The van der Waals surface area contributed by atoms with Gasteiger partial charge in [-0.15, -0.1) is 0 Å². The first kappa shape index (κ1) is 33.0. The van der Waals surface area contributed by atoms with Crippen molar-refractivity contribution in [3.8, 4) is 0 Å². The van der Waals surface area contributed by atoms with Gasteiger partial charge in [-0.1, -0.05) is 13.8 Å². The molecule has 10 nitrogen and oxygen atoms in total. The number of carboxylic acids is 2. The molecule has 0 radical (unpaired) electrons. The Bertz CT molecular complexity index is 1560. The van der Waals surface area contributed by atoms with E-state index in [-0.39, 0.29) is 59.1 Å². The fourth-order valence-electron chi connectivity index (χ4n) is 6.91. The summed E-state index contributed by atoms with van der Waals surface area (Å²) < 4.78 is 0. The monoisotopic (exact) mass is 654 g/mol. The van der Waals surface area contributed by atoms with Gasteiger partial charge in [-0.3, -0.25) is 19.2 Å². The third kappa shape index (κ3) is 6.91. The molecule has 0 aromatic carbocycles. The average Bonchev–Trinajstić information content (AvgIpc) is 3.52. The van der Waals surface area contributed by atoms with Crippen molar-refractivity contribution in [1.82, 2.24) is 20.9 Å². The van der Waals surface area contributed by atoms with E-state index in [2.05, 4.69) is 33.6 Å². The summed E-state index contributed by atoms with van der Waals surface area (Å²) in [5, 5.41) is 29.0. The maximum atomic E-state index is 12.7. The highest BCUT2D eigenvalue weighted by Gasteiger charge is 2.41. The zero-order valence-electron chi connectivity index (χ0n) is 26.2. The van der Waals surface area contributed by atoms with Crippen LogP contribution in [-0.4, -0.2) is 67.3 Å². The summed E-state index contributed by atoms with van der Waals surface area (Å²) in [6.45, 7) is 9.81. The van der Waals surface area contributed by atoms with E-state index in [0.29, 0.717) is 19.3 Å². The van der Waals surface area contributed by atoms with Gasteiger partial charge in [0.15, 0.2) is 0 Å². The number of thioether (sulfide) groups is 1. The van der Waals surface area contributed by atoms with E-state index < -0.39 is 11.9 Å². The lowest BCUT2D eigenvalue weighted by atomic mass is 9.91. The van der Waals surface area contributed by atoms with E-state index in [0.717, 1.165) is 62.0 Å². The molecule has 0 bridgehead atoms. The topological polar surface area (TPSA) is 161 Å². The Morgan fingerprint density at radius 1 is 1.00 bits per heavy atom. The molecule has 1 aromatic rings. The van der Waals surface area contributed by atoms with Crippen LogP contribution in [0.2, 0.25) is 0 Å². The minimum atomic E-state index is -0.905. The van der Waals surface area contributed by atoms with E-state index in [4.69, 9.17) is 0 Å². The molecule has 242 valence electrons. The SMILES string of the molecule is CC1=C(CCC(=O)O)/C(=C/c2[nH]c(/C=C3\NC(=O)[C@H](C)[C@H]3[C@H](C)S)c(C)c2CCC(=O)O)NC1C[C@H]1NC(=O)C([C@H]2CS2)=C1C. The number of hydrogen-bond donors (Lipinski definition) is 7. The van der Waals surface area contributed by atoms with Crippen LogP contribution in [0.15, 0.2) is 33.7 Å². The van der Waals surface area contributed by atoms with E-state index in [9.17, 15) is 29.4 Å². The number of rotatable bonds is 12. The molecule has 0 saturated carbocycles. The molecule has 0 aliphatic carbocycles. The highest BCUT2D eigenvalue weighted by Crippen LogP contribution is 2.42. The largest absolute Gasteiger partial charge is 0.481 e. The molecule has 2 amide bonds. The first-order chi connectivity index (χ1) is 21.3. The van der Waals surface area contributed by atoms with Gasteiger partial charge in [-0.2, -0.15) is 24.4 Å². The first-order valence-corrected chi connectivity index (χ1v) is 17.0. The summed E-state index contributed by atoms with van der Waals surface area (Å²) in [6, 6.07) is -0.219. The molecule has 1 aromatic heterocycles. The molecule has 6 N–H and O–H groups in total. The van der Waals surface area contributed by atoms with Crippen molar-refractivity contribution < 1.29 is 29.4 Å². The summed E-state index contributed by atoms with van der Waals surface area (Å²) in [5.41, 5.74) is 8.69. The van der Waals surface area contributed by atoms with Gasteiger partial charge in [0.2, 0.25) is 11.8 Å². The Morgan fingerprint density at radius 3 is 2.27 bits per heavy atom. The Morgan fingerprint density at radius 2 is 1.64 bits per heavy atom. The summed E-state index contributed by atoms with van der Waals surface area (Å²) in [6.07, 6.45) is 5.04. The lowest BCUT2D eigenvalue weighted by Gasteiger charge is -2.20. The molecule has 6 atom stereocenters. The zero-order valence-corrected chi connectivity index (χ0v) is 28.0. The fourth-order valence-corrected chi connectivity index (χ4v) is 8.05. The zero-order chi connectivity index (χ0) is 32.7. The molecule has 2 saturated heterocycles. The standard InChI is InChI=1S/C33H42N4O6S2/c1-14-19(6-8-28(38)39)24(34-21(14)10-23-16(3)31(27-13-45-27)33(43)36-23)12-25-20(7-9-29(40)41)15(2)22(35-25)11-26-30(18(5)44)17(4)32(42)37-26/h11-12,17-18,21,23,27,30,34-35,44H,6-10,13H2,1-5H3,(H,36,43)(H,37,42)(H,38,39)(H,40,41)/b24-12-,26-11-/t17-,18+,21?,23-,27-,30+/m1/s1. The molecule has 12 heteroatoms. The van der Waals surface area contributed by atoms with E-state index in [1.165, 1.54) is 0 Å². The van der Waals surface area contributed by atoms with Crippen molar-refractivity contribution in [3.63, 3.8) is 0 Å². The molecule has 4 aliphatic heterocycles. The highest BCUT2D eigenvalue weighted by atomic mass is 32.2. The predicted molar refractivity (Wildman–Crippen MR) is 179 cm³/mol. The van der Waals surface area contributed by atoms with Crippen molar-refractivity contribution >= 4 is 60.3 Å². The van der Waals surface area contributed by atoms with E-state index >= 15 is 0 Å². The summed E-state index contributed by atoms with van der Waals surface area (Å²) in [7, 11) is 0. The van der Waals surface area contributed by atoms with Crippen LogP contribution in [0.3, 0.4) is 0 Å². The van der Waals surface area contributed by atoms with Crippen LogP contribution in [0.4, 0.5) is 0 Å². The molecule has 5 rings (SSSR count). The van der Waals surface area contributed by atoms with Crippen LogP contribution in [0.1, 0.15) is 75.9 Å². The van der Waals surface area contributed by atoms with Gasteiger partial charge >= 0.3 is 11.9 Å². The van der Waals surface area contributed by atoms with Gasteiger partial charge in [0.1, 0.15) is 0 Å². The molecule has 2 fully saturated rings. The lowest BCUT2D eigenvalue weighted by Crippen LogP contribution is -2.36. The number of carbonyl (C=O) groups excluding carboxylic acids is 2. The fraction of sp³-hybridized carbons (Fsp3) is 0.515. The third-order valence-electron chi connectivity index (χ3n) is 9.59. The van der Waals surface area contributed by atoms with Crippen molar-refractivity contribution in [2.75, 3.05) is 5.75 Å². The molecule has 4 aliphatic rings. The van der Waals surface area contributed by atoms with Crippen LogP contribution >= 0.6 is 24.4 Å². The van der Waals surface area contributed by atoms with Crippen LogP contribution in [0.25, 0.3) is 12.2 Å². The second-order valence-corrected chi connectivity index (χ2v) is 14.6. The summed E-state index contributed by atoms with van der Waals surface area (Å²) in [5.74, 6) is -1.19. The minimum Gasteiger partial charge on any atom is -0.481 e. The van der Waals surface area contributed by atoms with Crippen LogP contribution in [0.5, 0.6) is 0 Å². The Hall–Kier alpha value is -3.38. The lowest BCUT2D eigenvalue weighted by molar-refractivity contribution is -0.138. The number of aromatic amines is 1. The highest BCUT2D eigenvalue weighted by molar-refractivity contribution is 8.07. The van der Waals surface area contributed by atoms with E-state index in [1.54, 1.807) is 11.8 Å². The van der Waals surface area contributed by atoms with Crippen molar-refractivity contribution in [2.24, 2.45) is 11.8 Å². The quantitative estimate of drug-likeness (QED) is 0.130. The molecule has 1 unspecified atom stereocenters. The Kier molecular flexibility index (Phi) is 9.65. The maximum absolute atomic E-state index is 12.7. The van der Waals surface area contributed by atoms with Gasteiger partial charge in [0.05, 0.1) is 6.04 Å². The smallest absolute Gasteiger partial charge is 0.303 e. The van der Waals surface area contributed by atoms with Crippen LogP contribution < -0.4 is 16.0 Å². The second-order valence-electron chi connectivity index (χ2n) is 12.6. The molecule has 0 spiro atoms. The normalized spacial score (nSPS) is 28.6. The third-order valence-corrected chi connectivity index (χ3v) is 10.8. The maximum Gasteiger partial charge on any atom is 0.303 e. The molecular formula is C33H42N4O6S2. The molecule has 45 heavy (non-hydrogen) atoms. The minimum absolute atomic E-state index is 0.00275. The number of hydrogen-bond acceptors (Lipinski definition) is 7. The van der Waals surface area contributed by atoms with Crippen LogP contribution in [-0.2, 0) is 25.6 Å². The van der Waals surface area contributed by atoms with Gasteiger partial charge in [-0.25, -0.2) is 0 Å². The van der Waals surface area contributed by atoms with E-state index in [1.807, 2.05) is 46.8 Å². The van der Waals surface area contributed by atoms with Gasteiger partial charge in [0.25, 0.3) is 0 Å². The van der Waals surface area contributed by atoms with Crippen molar-refractivity contribution in [1.29, 1.82) is 0 Å². The summed E-state index contributed by atoms with van der Waals surface area (Å²) in [4.78, 5) is 51.9. The number of carbonyl (C=O) groups is 4. The van der Waals surface area contributed by atoms with Crippen LogP contribution in [0, 0.1) is 18.8 Å². The number of aromatic nitrogens is 1. The number of aliphatic carboxylic acids is 2. The number of amides is 2. The number of carboxylic acid groups (broad SMARTS) is 2. The average molecular weight is 655 g/mol.